The van der Waals surface area contributed by atoms with Crippen LogP contribution >= 0.6 is 11.6 Å². The molecule has 1 aliphatic rings. The predicted octanol–water partition coefficient (Wildman–Crippen LogP) is 5.24. The molecule has 4 rings (SSSR count). The summed E-state index contributed by atoms with van der Waals surface area (Å²) in [5.41, 5.74) is 2.06. The third kappa shape index (κ3) is 4.74. The van der Waals surface area contributed by atoms with Gasteiger partial charge in [0.25, 0.3) is 0 Å². The second-order valence-corrected chi connectivity index (χ2v) is 8.98. The molecular formula is C27H29ClN2O4. The second-order valence-electron chi connectivity index (χ2n) is 8.63. The largest absolute Gasteiger partial charge is 0.492 e. The van der Waals surface area contributed by atoms with E-state index >= 15 is 0 Å². The van der Waals surface area contributed by atoms with Crippen molar-refractivity contribution in [3.05, 3.63) is 88.0 Å². The average Bonchev–Trinajstić information content (AvgIpc) is 3.16. The third-order valence-corrected chi connectivity index (χ3v) is 6.78. The normalized spacial score (nSPS) is 16.9. The lowest BCUT2D eigenvalue weighted by molar-refractivity contribution is -0.145. The summed E-state index contributed by atoms with van der Waals surface area (Å²) in [6.45, 7) is 2.50. The smallest absolute Gasteiger partial charge is 0.317 e. The van der Waals surface area contributed by atoms with Crippen molar-refractivity contribution >= 4 is 23.6 Å². The summed E-state index contributed by atoms with van der Waals surface area (Å²) < 4.78 is 7.94. The van der Waals surface area contributed by atoms with Crippen LogP contribution in [0.3, 0.4) is 0 Å². The number of unbranched alkanes of at least 4 members (excludes halogenated alkanes) is 1. The quantitative estimate of drug-likeness (QED) is 0.414. The minimum Gasteiger partial charge on any atom is -0.492 e. The molecule has 2 N–H and O–H groups in total. The highest BCUT2D eigenvalue weighted by molar-refractivity contribution is 6.30. The number of aromatic nitrogens is 2. The molecule has 6 nitrogen and oxygen atoms in total. The number of rotatable bonds is 10. The lowest BCUT2D eigenvalue weighted by Gasteiger charge is -2.32. The number of carboxylic acids is 1. The Morgan fingerprint density at radius 3 is 2.68 bits per heavy atom. The number of hydrogen-bond acceptors (Lipinski definition) is 4. The van der Waals surface area contributed by atoms with Crippen molar-refractivity contribution in [1.82, 2.24) is 9.55 Å². The molecule has 178 valence electrons. The van der Waals surface area contributed by atoms with Crippen LogP contribution in [-0.4, -0.2) is 32.3 Å². The number of aliphatic hydroxyl groups is 1. The number of aliphatic carboxylic acids is 1. The molecule has 0 radical (unpaired) electrons. The van der Waals surface area contributed by atoms with Crippen molar-refractivity contribution in [2.75, 3.05) is 6.61 Å². The number of halogens is 1. The molecule has 0 fully saturated rings. The molecule has 0 spiro atoms. The first kappa shape index (κ1) is 24.0. The second kappa shape index (κ2) is 10.5. The molecule has 0 saturated carbocycles. The molecule has 2 aromatic carbocycles. The van der Waals surface area contributed by atoms with Crippen LogP contribution in [0, 0.1) is 0 Å². The van der Waals surface area contributed by atoms with Crippen LogP contribution in [0.1, 0.15) is 54.4 Å². The van der Waals surface area contributed by atoms with Crippen LogP contribution in [0.15, 0.2) is 54.6 Å². The highest BCUT2D eigenvalue weighted by Gasteiger charge is 2.43. The molecule has 0 saturated heterocycles. The number of fused-ring (bicyclic) bond motifs is 1. The number of allylic oxidation sites excluding steroid dienone is 1. The van der Waals surface area contributed by atoms with Crippen LogP contribution in [0.2, 0.25) is 5.15 Å². The molecule has 1 aromatic heterocycles. The summed E-state index contributed by atoms with van der Waals surface area (Å²) in [6.07, 6.45) is 7.07. The lowest BCUT2D eigenvalue weighted by atomic mass is 9.73. The SMILES string of the molecule is CCCCc1nc(CO)c(Cl)n1Cc1ccc(OCC2(C(=O)O)CC=Cc3ccccc32)cc1. The Labute approximate surface area is 204 Å². The minimum atomic E-state index is -1.12. The number of hydrogen-bond donors (Lipinski definition) is 2. The lowest BCUT2D eigenvalue weighted by Crippen LogP contribution is -2.42. The number of benzene rings is 2. The first-order valence-electron chi connectivity index (χ1n) is 11.5. The molecule has 0 amide bonds. The molecule has 7 heteroatoms. The van der Waals surface area contributed by atoms with Crippen LogP contribution in [-0.2, 0) is 29.8 Å². The van der Waals surface area contributed by atoms with Crippen molar-refractivity contribution in [1.29, 1.82) is 0 Å². The van der Waals surface area contributed by atoms with Crippen molar-refractivity contribution < 1.29 is 19.7 Å². The van der Waals surface area contributed by atoms with Gasteiger partial charge in [-0.3, -0.25) is 4.79 Å². The number of aryl methyl sites for hydroxylation is 1. The Balaban J connectivity index is 1.49. The number of carboxylic acid groups (broad SMARTS) is 1. The Morgan fingerprint density at radius 1 is 1.21 bits per heavy atom. The fraction of sp³-hybridized carbons (Fsp3) is 0.333. The fourth-order valence-corrected chi connectivity index (χ4v) is 4.63. The third-order valence-electron chi connectivity index (χ3n) is 6.35. The van der Waals surface area contributed by atoms with Gasteiger partial charge in [-0.25, -0.2) is 4.98 Å². The van der Waals surface area contributed by atoms with Gasteiger partial charge in [0.1, 0.15) is 34.4 Å². The summed E-state index contributed by atoms with van der Waals surface area (Å²) in [7, 11) is 0. The van der Waals surface area contributed by atoms with Gasteiger partial charge in [0.15, 0.2) is 0 Å². The Morgan fingerprint density at radius 2 is 1.97 bits per heavy atom. The number of ether oxygens (including phenoxy) is 1. The summed E-state index contributed by atoms with van der Waals surface area (Å²) in [6, 6.07) is 15.1. The summed E-state index contributed by atoms with van der Waals surface area (Å²) in [5.74, 6) is 0.578. The molecule has 1 unspecified atom stereocenters. The van der Waals surface area contributed by atoms with Gasteiger partial charge in [-0.05, 0) is 41.7 Å². The van der Waals surface area contributed by atoms with E-state index in [1.54, 1.807) is 0 Å². The zero-order chi connectivity index (χ0) is 24.1. The zero-order valence-electron chi connectivity index (χ0n) is 19.2. The van der Waals surface area contributed by atoms with E-state index in [0.29, 0.717) is 29.6 Å². The molecule has 0 bridgehead atoms. The molecule has 3 aromatic rings. The number of carbonyl (C=O) groups is 1. The number of nitrogens with zero attached hydrogens (tertiary/aromatic N) is 2. The van der Waals surface area contributed by atoms with E-state index in [0.717, 1.165) is 41.8 Å². The van der Waals surface area contributed by atoms with Gasteiger partial charge in [-0.15, -0.1) is 0 Å². The highest BCUT2D eigenvalue weighted by Crippen LogP contribution is 2.37. The molecule has 34 heavy (non-hydrogen) atoms. The maximum atomic E-state index is 12.3. The average molecular weight is 481 g/mol. The van der Waals surface area contributed by atoms with Crippen LogP contribution < -0.4 is 4.74 Å². The molecule has 0 aliphatic heterocycles. The molecule has 1 heterocycles. The Bertz CT molecular complexity index is 1190. The van der Waals surface area contributed by atoms with Crippen molar-refractivity contribution in [2.45, 2.75) is 51.2 Å². The van der Waals surface area contributed by atoms with E-state index in [1.807, 2.05) is 65.3 Å². The van der Waals surface area contributed by atoms with Gasteiger partial charge < -0.3 is 19.5 Å². The van der Waals surface area contributed by atoms with Crippen LogP contribution in [0.5, 0.6) is 5.75 Å². The van der Waals surface area contributed by atoms with Gasteiger partial charge >= 0.3 is 5.97 Å². The van der Waals surface area contributed by atoms with Crippen molar-refractivity contribution in [2.24, 2.45) is 0 Å². The molecule has 1 aliphatic carbocycles. The van der Waals surface area contributed by atoms with Crippen LogP contribution in [0.25, 0.3) is 6.08 Å². The predicted molar refractivity (Wildman–Crippen MR) is 132 cm³/mol. The fourth-order valence-electron chi connectivity index (χ4n) is 4.37. The van der Waals surface area contributed by atoms with Crippen LogP contribution in [0.4, 0.5) is 0 Å². The van der Waals surface area contributed by atoms with Gasteiger partial charge in [0.2, 0.25) is 0 Å². The van der Waals surface area contributed by atoms with Crippen molar-refractivity contribution in [3.63, 3.8) is 0 Å². The van der Waals surface area contributed by atoms with E-state index in [1.165, 1.54) is 0 Å². The van der Waals surface area contributed by atoms with Gasteiger partial charge in [-0.2, -0.15) is 0 Å². The Kier molecular flexibility index (Phi) is 7.39. The first-order valence-corrected chi connectivity index (χ1v) is 11.9. The van der Waals surface area contributed by atoms with E-state index in [9.17, 15) is 15.0 Å². The topological polar surface area (TPSA) is 84.6 Å². The standard InChI is InChI=1S/C27H29ClN2O4/c1-2-3-10-24-29-23(17-31)25(28)30(24)16-19-11-13-21(14-12-19)34-18-27(26(32)33)15-6-8-20-7-4-5-9-22(20)27/h4-9,11-14,31H,2-3,10,15-18H2,1H3,(H,32,33). The number of aliphatic hydroxyl groups excluding tert-OH is 1. The number of imidazole rings is 1. The van der Waals surface area contributed by atoms with E-state index in [2.05, 4.69) is 11.9 Å². The van der Waals surface area contributed by atoms with Gasteiger partial charge in [-0.1, -0.05) is 73.5 Å². The summed E-state index contributed by atoms with van der Waals surface area (Å²) in [5, 5.41) is 20.1. The highest BCUT2D eigenvalue weighted by atomic mass is 35.5. The molecular weight excluding hydrogens is 452 g/mol. The van der Waals surface area contributed by atoms with E-state index in [-0.39, 0.29) is 13.2 Å². The Hall–Kier alpha value is -3.09. The van der Waals surface area contributed by atoms with Gasteiger partial charge in [0.05, 0.1) is 13.2 Å². The minimum absolute atomic E-state index is 0.0391. The summed E-state index contributed by atoms with van der Waals surface area (Å²) >= 11 is 6.47. The maximum Gasteiger partial charge on any atom is 0.317 e. The van der Waals surface area contributed by atoms with Crippen molar-refractivity contribution in [3.8, 4) is 5.75 Å². The zero-order valence-corrected chi connectivity index (χ0v) is 20.0. The van der Waals surface area contributed by atoms with Gasteiger partial charge in [0, 0.05) is 6.42 Å². The maximum absolute atomic E-state index is 12.3. The van der Waals surface area contributed by atoms with E-state index in [4.69, 9.17) is 16.3 Å². The van der Waals surface area contributed by atoms with E-state index < -0.39 is 11.4 Å². The monoisotopic (exact) mass is 480 g/mol. The molecule has 1 atom stereocenters. The first-order chi connectivity index (χ1) is 16.5. The summed E-state index contributed by atoms with van der Waals surface area (Å²) in [4.78, 5) is 16.8.